The highest BCUT2D eigenvalue weighted by Gasteiger charge is 2.36. The first-order chi connectivity index (χ1) is 8.99. The van der Waals surface area contributed by atoms with E-state index >= 15 is 0 Å². The Morgan fingerprint density at radius 3 is 2.89 bits per heavy atom. The van der Waals surface area contributed by atoms with Crippen molar-refractivity contribution in [2.45, 2.75) is 32.9 Å². The van der Waals surface area contributed by atoms with E-state index in [0.717, 1.165) is 0 Å². The molecule has 2 amide bonds. The summed E-state index contributed by atoms with van der Waals surface area (Å²) in [7, 11) is 1.72. The summed E-state index contributed by atoms with van der Waals surface area (Å²) in [5.74, 6) is 0.429. The van der Waals surface area contributed by atoms with Crippen LogP contribution < -0.4 is 0 Å². The predicted octanol–water partition coefficient (Wildman–Crippen LogP) is 0.0200. The Labute approximate surface area is 112 Å². The summed E-state index contributed by atoms with van der Waals surface area (Å²) < 4.78 is 0. The summed E-state index contributed by atoms with van der Waals surface area (Å²) in [5.41, 5.74) is 0. The number of nitrogens with zero attached hydrogens (tertiary/aromatic N) is 4. The maximum atomic E-state index is 12.3. The molecule has 7 heteroatoms. The second kappa shape index (κ2) is 5.38. The Bertz CT molecular complexity index is 457. The van der Waals surface area contributed by atoms with E-state index in [1.165, 1.54) is 6.33 Å². The van der Waals surface area contributed by atoms with Gasteiger partial charge in [0.2, 0.25) is 11.8 Å². The van der Waals surface area contributed by atoms with Gasteiger partial charge in [-0.1, -0.05) is 0 Å². The van der Waals surface area contributed by atoms with Crippen molar-refractivity contribution in [3.63, 3.8) is 0 Å². The van der Waals surface area contributed by atoms with Gasteiger partial charge in [-0.05, 0) is 13.8 Å². The Balaban J connectivity index is 1.95. The van der Waals surface area contributed by atoms with E-state index in [2.05, 4.69) is 15.2 Å². The van der Waals surface area contributed by atoms with E-state index < -0.39 is 0 Å². The highest BCUT2D eigenvalue weighted by molar-refractivity contribution is 5.89. The average Bonchev–Trinajstić information content (AvgIpc) is 2.97. The number of hydrogen-bond donors (Lipinski definition) is 1. The number of carbonyl (C=O) groups is 2. The van der Waals surface area contributed by atoms with Gasteiger partial charge < -0.3 is 9.80 Å². The molecule has 1 saturated heterocycles. The van der Waals surface area contributed by atoms with E-state index in [1.807, 2.05) is 13.8 Å². The lowest BCUT2D eigenvalue weighted by molar-refractivity contribution is -0.135. The minimum Gasteiger partial charge on any atom is -0.339 e. The molecule has 0 bridgehead atoms. The van der Waals surface area contributed by atoms with Gasteiger partial charge in [0.1, 0.15) is 12.2 Å². The minimum absolute atomic E-state index is 0.0205. The number of H-pyrrole nitrogens is 1. The summed E-state index contributed by atoms with van der Waals surface area (Å²) >= 11 is 0. The maximum absolute atomic E-state index is 12.3. The molecular weight excluding hydrogens is 246 g/mol. The number of amides is 2. The monoisotopic (exact) mass is 265 g/mol. The fourth-order valence-electron chi connectivity index (χ4n) is 2.32. The number of nitrogens with one attached hydrogen (secondary N) is 1. The Kier molecular flexibility index (Phi) is 3.82. The lowest BCUT2D eigenvalue weighted by atomic mass is 10.1. The van der Waals surface area contributed by atoms with Crippen molar-refractivity contribution in [2.75, 3.05) is 13.6 Å². The van der Waals surface area contributed by atoms with Crippen LogP contribution in [0.25, 0.3) is 0 Å². The molecule has 1 atom stereocenters. The first-order valence-electron chi connectivity index (χ1n) is 6.37. The van der Waals surface area contributed by atoms with Gasteiger partial charge in [-0.15, -0.1) is 0 Å². The van der Waals surface area contributed by atoms with Crippen LogP contribution >= 0.6 is 0 Å². The average molecular weight is 265 g/mol. The van der Waals surface area contributed by atoms with Crippen molar-refractivity contribution in [3.8, 4) is 0 Å². The number of aromatic nitrogens is 3. The molecule has 7 nitrogen and oxygen atoms in total. The molecule has 0 radical (unpaired) electrons. The van der Waals surface area contributed by atoms with Crippen LogP contribution in [0.1, 0.15) is 26.1 Å². The molecule has 0 aromatic carbocycles. The third kappa shape index (κ3) is 2.91. The van der Waals surface area contributed by atoms with E-state index in [-0.39, 0.29) is 23.8 Å². The zero-order chi connectivity index (χ0) is 14.0. The lowest BCUT2D eigenvalue weighted by Gasteiger charge is -2.22. The van der Waals surface area contributed by atoms with Crippen LogP contribution in [0.4, 0.5) is 0 Å². The molecule has 1 aromatic rings. The second-order valence-corrected chi connectivity index (χ2v) is 5.17. The van der Waals surface area contributed by atoms with Crippen LogP contribution in [0.2, 0.25) is 0 Å². The minimum atomic E-state index is -0.247. The van der Waals surface area contributed by atoms with Crippen LogP contribution in [0.15, 0.2) is 6.33 Å². The van der Waals surface area contributed by atoms with E-state index in [4.69, 9.17) is 0 Å². The highest BCUT2D eigenvalue weighted by Crippen LogP contribution is 2.22. The summed E-state index contributed by atoms with van der Waals surface area (Å²) in [6.07, 6.45) is 1.71. The summed E-state index contributed by atoms with van der Waals surface area (Å²) in [5, 5.41) is 6.46. The Morgan fingerprint density at radius 1 is 1.63 bits per heavy atom. The van der Waals surface area contributed by atoms with Gasteiger partial charge >= 0.3 is 0 Å². The lowest BCUT2D eigenvalue weighted by Crippen LogP contribution is -2.36. The molecular formula is C12H19N5O2. The van der Waals surface area contributed by atoms with Crippen LogP contribution in [0.5, 0.6) is 0 Å². The smallest absolute Gasteiger partial charge is 0.228 e. The third-order valence-electron chi connectivity index (χ3n) is 3.36. The van der Waals surface area contributed by atoms with Crippen molar-refractivity contribution in [2.24, 2.45) is 5.92 Å². The molecule has 0 saturated carbocycles. The molecule has 2 rings (SSSR count). The zero-order valence-electron chi connectivity index (χ0n) is 11.5. The van der Waals surface area contributed by atoms with E-state index in [1.54, 1.807) is 16.8 Å². The first-order valence-corrected chi connectivity index (χ1v) is 6.37. The largest absolute Gasteiger partial charge is 0.339 e. The molecule has 104 valence electrons. The number of carbonyl (C=O) groups excluding carboxylic acids is 2. The van der Waals surface area contributed by atoms with Gasteiger partial charge in [-0.3, -0.25) is 14.7 Å². The molecule has 0 aliphatic carbocycles. The molecule has 19 heavy (non-hydrogen) atoms. The van der Waals surface area contributed by atoms with Crippen molar-refractivity contribution in [1.29, 1.82) is 0 Å². The standard InChI is InChI=1S/C12H19N5O2/c1-8(2)17-5-9(4-11(17)18)12(19)16(3)6-10-13-7-14-15-10/h7-9H,4-6H2,1-3H3,(H,13,14,15). The van der Waals surface area contributed by atoms with Crippen LogP contribution in [0, 0.1) is 5.92 Å². The quantitative estimate of drug-likeness (QED) is 0.832. The number of aromatic amines is 1. The maximum Gasteiger partial charge on any atom is 0.228 e. The number of likely N-dealkylation sites (tertiary alicyclic amines) is 1. The summed E-state index contributed by atoms with van der Waals surface area (Å²) in [4.78, 5) is 31.4. The topological polar surface area (TPSA) is 82.2 Å². The molecule has 1 unspecified atom stereocenters. The van der Waals surface area contributed by atoms with Gasteiger partial charge in [0.05, 0.1) is 12.5 Å². The van der Waals surface area contributed by atoms with E-state index in [9.17, 15) is 9.59 Å². The molecule has 1 aromatic heterocycles. The number of hydrogen-bond acceptors (Lipinski definition) is 4. The van der Waals surface area contributed by atoms with Gasteiger partial charge in [0, 0.05) is 26.1 Å². The third-order valence-corrected chi connectivity index (χ3v) is 3.36. The highest BCUT2D eigenvalue weighted by atomic mass is 16.2. The van der Waals surface area contributed by atoms with Gasteiger partial charge in [-0.25, -0.2) is 4.98 Å². The predicted molar refractivity (Wildman–Crippen MR) is 67.8 cm³/mol. The van der Waals surface area contributed by atoms with E-state index in [0.29, 0.717) is 25.3 Å². The molecule has 2 heterocycles. The first kappa shape index (κ1) is 13.5. The summed E-state index contributed by atoms with van der Waals surface area (Å²) in [6, 6.07) is 0.143. The van der Waals surface area contributed by atoms with Gasteiger partial charge in [-0.2, -0.15) is 5.10 Å². The van der Waals surface area contributed by atoms with Crippen molar-refractivity contribution in [1.82, 2.24) is 25.0 Å². The molecule has 1 aliphatic rings. The zero-order valence-corrected chi connectivity index (χ0v) is 11.5. The Morgan fingerprint density at radius 2 is 2.37 bits per heavy atom. The Hall–Kier alpha value is -1.92. The molecule has 0 spiro atoms. The fraction of sp³-hybridized carbons (Fsp3) is 0.667. The molecule has 1 aliphatic heterocycles. The van der Waals surface area contributed by atoms with Crippen molar-refractivity contribution in [3.05, 3.63) is 12.2 Å². The second-order valence-electron chi connectivity index (χ2n) is 5.17. The van der Waals surface area contributed by atoms with Crippen LogP contribution in [-0.2, 0) is 16.1 Å². The molecule has 1 fully saturated rings. The van der Waals surface area contributed by atoms with Gasteiger partial charge in [0.25, 0.3) is 0 Å². The SMILES string of the molecule is CC(C)N1CC(C(=O)N(C)Cc2ncn[nH]2)CC1=O. The molecule has 1 N–H and O–H groups in total. The summed E-state index contributed by atoms with van der Waals surface area (Å²) in [6.45, 7) is 4.81. The van der Waals surface area contributed by atoms with Crippen molar-refractivity contribution >= 4 is 11.8 Å². The van der Waals surface area contributed by atoms with Crippen LogP contribution in [0.3, 0.4) is 0 Å². The van der Waals surface area contributed by atoms with Crippen molar-refractivity contribution < 1.29 is 9.59 Å². The van der Waals surface area contributed by atoms with Crippen LogP contribution in [-0.4, -0.2) is 56.4 Å². The van der Waals surface area contributed by atoms with Gasteiger partial charge in [0.15, 0.2) is 0 Å². The normalized spacial score (nSPS) is 19.3. The number of rotatable bonds is 4. The fourth-order valence-corrected chi connectivity index (χ4v) is 2.32.